The Morgan fingerprint density at radius 3 is 2.71 bits per heavy atom. The zero-order valence-corrected chi connectivity index (χ0v) is 8.15. The Morgan fingerprint density at radius 2 is 2.14 bits per heavy atom. The van der Waals surface area contributed by atoms with Crippen LogP contribution in [0.5, 0.6) is 11.5 Å². The number of benzene rings is 1. The Hall–Kier alpha value is -1.77. The Morgan fingerprint density at radius 1 is 1.43 bits per heavy atom. The van der Waals surface area contributed by atoms with Crippen LogP contribution in [0.25, 0.3) is 0 Å². The van der Waals surface area contributed by atoms with Crippen molar-refractivity contribution in [2.75, 3.05) is 0 Å². The van der Waals surface area contributed by atoms with E-state index >= 15 is 0 Å². The maximum atomic E-state index is 11.2. The number of hydrogen-bond donors (Lipinski definition) is 1. The molecule has 0 heterocycles. The highest BCUT2D eigenvalue weighted by Crippen LogP contribution is 2.17. The number of phenols is 1. The summed E-state index contributed by atoms with van der Waals surface area (Å²) in [5, 5.41) is 9.10. The molecule has 1 aromatic rings. The summed E-state index contributed by atoms with van der Waals surface area (Å²) >= 11 is 0. The molecule has 0 atom stereocenters. The van der Waals surface area contributed by atoms with Crippen LogP contribution in [-0.4, -0.2) is 11.1 Å². The van der Waals surface area contributed by atoms with Gasteiger partial charge in [0.05, 0.1) is 0 Å². The van der Waals surface area contributed by atoms with Crippen molar-refractivity contribution in [1.82, 2.24) is 0 Å². The van der Waals surface area contributed by atoms with Crippen LogP contribution in [0, 0.1) is 0 Å². The molecule has 0 spiro atoms. The van der Waals surface area contributed by atoms with Crippen LogP contribution < -0.4 is 4.74 Å². The van der Waals surface area contributed by atoms with Crippen molar-refractivity contribution < 1.29 is 14.6 Å². The van der Waals surface area contributed by atoms with Gasteiger partial charge in [0.1, 0.15) is 11.5 Å². The van der Waals surface area contributed by atoms with E-state index in [0.29, 0.717) is 5.75 Å². The number of rotatable bonds is 2. The van der Waals surface area contributed by atoms with Crippen LogP contribution in [0.15, 0.2) is 35.9 Å². The van der Waals surface area contributed by atoms with E-state index in [1.807, 2.05) is 13.8 Å². The van der Waals surface area contributed by atoms with E-state index in [4.69, 9.17) is 9.84 Å². The van der Waals surface area contributed by atoms with Gasteiger partial charge in [-0.3, -0.25) is 0 Å². The lowest BCUT2D eigenvalue weighted by Crippen LogP contribution is -2.04. The smallest absolute Gasteiger partial charge is 0.336 e. The summed E-state index contributed by atoms with van der Waals surface area (Å²) in [4.78, 5) is 11.2. The predicted octanol–water partition coefficient (Wildman–Crippen LogP) is 2.26. The van der Waals surface area contributed by atoms with Crippen molar-refractivity contribution in [3.63, 3.8) is 0 Å². The number of hydrogen-bond acceptors (Lipinski definition) is 3. The SMILES string of the molecule is CC(C)=CC(=O)Oc1cccc(O)c1. The van der Waals surface area contributed by atoms with Gasteiger partial charge in [-0.25, -0.2) is 4.79 Å². The number of allylic oxidation sites excluding steroid dienone is 1. The molecule has 0 aliphatic rings. The molecule has 3 nitrogen and oxygen atoms in total. The van der Waals surface area contributed by atoms with Gasteiger partial charge in [0.15, 0.2) is 0 Å². The standard InChI is InChI=1S/C11H12O3/c1-8(2)6-11(13)14-10-5-3-4-9(12)7-10/h3-7,12H,1-2H3. The highest BCUT2D eigenvalue weighted by molar-refractivity contribution is 5.84. The van der Waals surface area contributed by atoms with Crippen molar-refractivity contribution in [3.05, 3.63) is 35.9 Å². The Kier molecular flexibility index (Phi) is 3.29. The van der Waals surface area contributed by atoms with Crippen LogP contribution in [0.2, 0.25) is 0 Å². The molecule has 3 heteroatoms. The Labute approximate surface area is 82.6 Å². The molecule has 0 aliphatic carbocycles. The average Bonchev–Trinajstić information content (AvgIpc) is 2.01. The molecule has 0 bridgehead atoms. The molecule has 1 N–H and O–H groups in total. The molecular formula is C11H12O3. The van der Waals surface area contributed by atoms with Gasteiger partial charge in [-0.15, -0.1) is 0 Å². The molecule has 0 aromatic heterocycles. The summed E-state index contributed by atoms with van der Waals surface area (Å²) in [5.41, 5.74) is 0.871. The van der Waals surface area contributed by atoms with Crippen LogP contribution in [0.1, 0.15) is 13.8 Å². The van der Waals surface area contributed by atoms with Crippen molar-refractivity contribution >= 4 is 5.97 Å². The van der Waals surface area contributed by atoms with Crippen molar-refractivity contribution in [3.8, 4) is 11.5 Å². The second-order valence-electron chi connectivity index (χ2n) is 3.14. The zero-order valence-electron chi connectivity index (χ0n) is 8.15. The third-order valence-corrected chi connectivity index (χ3v) is 1.44. The van der Waals surface area contributed by atoms with Crippen molar-refractivity contribution in [1.29, 1.82) is 0 Å². The Balaban J connectivity index is 2.70. The van der Waals surface area contributed by atoms with Gasteiger partial charge in [0.2, 0.25) is 0 Å². The summed E-state index contributed by atoms with van der Waals surface area (Å²) in [6.07, 6.45) is 1.39. The van der Waals surface area contributed by atoms with Gasteiger partial charge in [-0.05, 0) is 26.0 Å². The monoisotopic (exact) mass is 192 g/mol. The number of esters is 1. The third-order valence-electron chi connectivity index (χ3n) is 1.44. The lowest BCUT2D eigenvalue weighted by molar-refractivity contribution is -0.129. The first kappa shape index (κ1) is 10.3. The minimum absolute atomic E-state index is 0.0764. The molecule has 0 unspecified atom stereocenters. The quantitative estimate of drug-likeness (QED) is 0.444. The van der Waals surface area contributed by atoms with Gasteiger partial charge in [0, 0.05) is 12.1 Å². The second kappa shape index (κ2) is 4.46. The normalized spacial score (nSPS) is 9.29. The molecule has 0 fully saturated rings. The molecule has 1 rings (SSSR count). The van der Waals surface area contributed by atoms with E-state index in [1.54, 1.807) is 12.1 Å². The minimum atomic E-state index is -0.435. The average molecular weight is 192 g/mol. The van der Waals surface area contributed by atoms with Crippen LogP contribution in [0.4, 0.5) is 0 Å². The molecule has 0 aliphatic heterocycles. The number of aromatic hydroxyl groups is 1. The molecule has 14 heavy (non-hydrogen) atoms. The highest BCUT2D eigenvalue weighted by atomic mass is 16.5. The fourth-order valence-electron chi connectivity index (χ4n) is 0.928. The molecule has 0 radical (unpaired) electrons. The fraction of sp³-hybridized carbons (Fsp3) is 0.182. The van der Waals surface area contributed by atoms with E-state index in [-0.39, 0.29) is 5.75 Å². The first-order valence-corrected chi connectivity index (χ1v) is 4.23. The van der Waals surface area contributed by atoms with E-state index < -0.39 is 5.97 Å². The number of carbonyl (C=O) groups excluding carboxylic acids is 1. The maximum Gasteiger partial charge on any atom is 0.336 e. The summed E-state index contributed by atoms with van der Waals surface area (Å²) in [7, 11) is 0. The van der Waals surface area contributed by atoms with Gasteiger partial charge < -0.3 is 9.84 Å². The van der Waals surface area contributed by atoms with Crippen LogP contribution >= 0.6 is 0 Å². The topological polar surface area (TPSA) is 46.5 Å². The summed E-state index contributed by atoms with van der Waals surface area (Å²) in [5.74, 6) is -0.0180. The molecule has 74 valence electrons. The summed E-state index contributed by atoms with van der Waals surface area (Å²) in [6.45, 7) is 3.62. The lowest BCUT2D eigenvalue weighted by atomic mass is 10.3. The summed E-state index contributed by atoms with van der Waals surface area (Å²) in [6, 6.07) is 6.12. The molecule has 1 aromatic carbocycles. The maximum absolute atomic E-state index is 11.2. The predicted molar refractivity (Wildman–Crippen MR) is 53.2 cm³/mol. The van der Waals surface area contributed by atoms with Crippen LogP contribution in [0.3, 0.4) is 0 Å². The summed E-state index contributed by atoms with van der Waals surface area (Å²) < 4.78 is 4.93. The van der Waals surface area contributed by atoms with E-state index in [2.05, 4.69) is 0 Å². The second-order valence-corrected chi connectivity index (χ2v) is 3.14. The number of phenolic OH excluding ortho intramolecular Hbond substituents is 1. The molecule has 0 saturated carbocycles. The molecule has 0 amide bonds. The number of carbonyl (C=O) groups is 1. The van der Waals surface area contributed by atoms with E-state index in [9.17, 15) is 4.79 Å². The Bertz CT molecular complexity index is 363. The highest BCUT2D eigenvalue weighted by Gasteiger charge is 2.01. The number of ether oxygens (including phenoxy) is 1. The fourth-order valence-corrected chi connectivity index (χ4v) is 0.928. The third kappa shape index (κ3) is 3.31. The van der Waals surface area contributed by atoms with E-state index in [1.165, 1.54) is 18.2 Å². The van der Waals surface area contributed by atoms with Crippen molar-refractivity contribution in [2.45, 2.75) is 13.8 Å². The molecular weight excluding hydrogens is 180 g/mol. The van der Waals surface area contributed by atoms with Gasteiger partial charge in [-0.2, -0.15) is 0 Å². The first-order valence-electron chi connectivity index (χ1n) is 4.23. The zero-order chi connectivity index (χ0) is 10.6. The minimum Gasteiger partial charge on any atom is -0.508 e. The van der Waals surface area contributed by atoms with Gasteiger partial charge in [-0.1, -0.05) is 11.6 Å². The van der Waals surface area contributed by atoms with Crippen molar-refractivity contribution in [2.24, 2.45) is 0 Å². The lowest BCUT2D eigenvalue weighted by Gasteiger charge is -2.01. The van der Waals surface area contributed by atoms with Crippen LogP contribution in [-0.2, 0) is 4.79 Å². The first-order chi connectivity index (χ1) is 6.58. The largest absolute Gasteiger partial charge is 0.508 e. The van der Waals surface area contributed by atoms with E-state index in [0.717, 1.165) is 5.57 Å². The van der Waals surface area contributed by atoms with Gasteiger partial charge >= 0.3 is 5.97 Å². The molecule has 0 saturated heterocycles. The van der Waals surface area contributed by atoms with Gasteiger partial charge in [0.25, 0.3) is 0 Å².